The van der Waals surface area contributed by atoms with Gasteiger partial charge in [-0.1, -0.05) is 12.8 Å². The molecule has 0 radical (unpaired) electrons. The fraction of sp³-hybridized carbons (Fsp3) is 0.667. The molecule has 3 N–H and O–H groups in total. The summed E-state index contributed by atoms with van der Waals surface area (Å²) in [7, 11) is 0. The van der Waals surface area contributed by atoms with E-state index in [0.717, 1.165) is 0 Å². The highest BCUT2D eigenvalue weighted by Crippen LogP contribution is 2.28. The number of rotatable bonds is 3. The van der Waals surface area contributed by atoms with Gasteiger partial charge >= 0.3 is 0 Å². The third kappa shape index (κ3) is 3.40. The first-order chi connectivity index (χ1) is 10.6. The molecule has 0 spiro atoms. The SMILES string of the molecule is Nc1nc(N2CCN(C(=O)CC3CCCC3)CC2)cc(=O)[nH]1. The number of nitrogens with one attached hydrogen (secondary N) is 1. The van der Waals surface area contributed by atoms with Gasteiger partial charge in [0, 0.05) is 38.7 Å². The van der Waals surface area contributed by atoms with E-state index in [1.165, 1.54) is 31.7 Å². The van der Waals surface area contributed by atoms with Crippen molar-refractivity contribution in [3.05, 3.63) is 16.4 Å². The molecule has 120 valence electrons. The maximum Gasteiger partial charge on any atom is 0.254 e. The number of aromatic amines is 1. The maximum atomic E-state index is 12.3. The maximum absolute atomic E-state index is 12.3. The highest BCUT2D eigenvalue weighted by Gasteiger charge is 2.25. The number of anilines is 2. The Labute approximate surface area is 129 Å². The summed E-state index contributed by atoms with van der Waals surface area (Å²) in [5.74, 6) is 1.57. The molecule has 1 aromatic rings. The number of piperazine rings is 1. The molecule has 1 saturated heterocycles. The molecule has 22 heavy (non-hydrogen) atoms. The Kier molecular flexibility index (Phi) is 4.31. The van der Waals surface area contributed by atoms with Crippen molar-refractivity contribution in [3.63, 3.8) is 0 Å². The lowest BCUT2D eigenvalue weighted by Gasteiger charge is -2.35. The predicted octanol–water partition coefficient (Wildman–Crippen LogP) is 0.581. The summed E-state index contributed by atoms with van der Waals surface area (Å²) in [5.41, 5.74) is 5.33. The number of H-pyrrole nitrogens is 1. The van der Waals surface area contributed by atoms with E-state index >= 15 is 0 Å². The van der Waals surface area contributed by atoms with Gasteiger partial charge in [-0.3, -0.25) is 14.6 Å². The van der Waals surface area contributed by atoms with Crippen LogP contribution in [-0.4, -0.2) is 47.0 Å². The van der Waals surface area contributed by atoms with Crippen LogP contribution < -0.4 is 16.2 Å². The van der Waals surface area contributed by atoms with E-state index in [-0.39, 0.29) is 17.4 Å². The van der Waals surface area contributed by atoms with E-state index in [9.17, 15) is 9.59 Å². The number of nitrogens with two attached hydrogens (primary N) is 1. The number of amides is 1. The Balaban J connectivity index is 1.55. The Morgan fingerprint density at radius 3 is 2.59 bits per heavy atom. The average Bonchev–Trinajstić information content (AvgIpc) is 2.99. The number of carbonyl (C=O) groups is 1. The number of carbonyl (C=O) groups excluding carboxylic acids is 1. The van der Waals surface area contributed by atoms with Crippen LogP contribution in [0.25, 0.3) is 0 Å². The number of hydrogen-bond donors (Lipinski definition) is 2. The van der Waals surface area contributed by atoms with Crippen LogP contribution in [0.4, 0.5) is 11.8 Å². The first-order valence-corrected chi connectivity index (χ1v) is 8.01. The minimum atomic E-state index is -0.248. The van der Waals surface area contributed by atoms with E-state index < -0.39 is 0 Å². The molecule has 0 aromatic carbocycles. The van der Waals surface area contributed by atoms with E-state index in [0.29, 0.717) is 44.3 Å². The van der Waals surface area contributed by atoms with Gasteiger partial charge in [-0.15, -0.1) is 0 Å². The third-order valence-electron chi connectivity index (χ3n) is 4.64. The largest absolute Gasteiger partial charge is 0.369 e. The minimum Gasteiger partial charge on any atom is -0.369 e. The second-order valence-electron chi connectivity index (χ2n) is 6.21. The average molecular weight is 305 g/mol. The zero-order valence-corrected chi connectivity index (χ0v) is 12.8. The van der Waals surface area contributed by atoms with Gasteiger partial charge in [-0.2, -0.15) is 4.98 Å². The van der Waals surface area contributed by atoms with Gasteiger partial charge in [0.2, 0.25) is 11.9 Å². The molecular weight excluding hydrogens is 282 g/mol. The highest BCUT2D eigenvalue weighted by molar-refractivity contribution is 5.76. The van der Waals surface area contributed by atoms with E-state index in [4.69, 9.17) is 5.73 Å². The van der Waals surface area contributed by atoms with Crippen molar-refractivity contribution in [2.24, 2.45) is 5.92 Å². The van der Waals surface area contributed by atoms with Crippen LogP contribution in [0.15, 0.2) is 10.9 Å². The molecule has 1 saturated carbocycles. The summed E-state index contributed by atoms with van der Waals surface area (Å²) in [4.78, 5) is 34.3. The van der Waals surface area contributed by atoms with Crippen LogP contribution in [0.2, 0.25) is 0 Å². The zero-order chi connectivity index (χ0) is 15.5. The van der Waals surface area contributed by atoms with Crippen molar-refractivity contribution in [1.29, 1.82) is 0 Å². The Morgan fingerprint density at radius 2 is 1.95 bits per heavy atom. The number of nitrogens with zero attached hydrogens (tertiary/aromatic N) is 3. The van der Waals surface area contributed by atoms with E-state index in [1.54, 1.807) is 0 Å². The second-order valence-corrected chi connectivity index (χ2v) is 6.21. The number of nitrogen functional groups attached to an aromatic ring is 1. The Hall–Kier alpha value is -2.05. The van der Waals surface area contributed by atoms with Crippen molar-refractivity contribution >= 4 is 17.7 Å². The minimum absolute atomic E-state index is 0.127. The van der Waals surface area contributed by atoms with Gasteiger partial charge < -0.3 is 15.5 Å². The van der Waals surface area contributed by atoms with Crippen molar-refractivity contribution in [3.8, 4) is 0 Å². The Bertz CT molecular complexity index is 586. The monoisotopic (exact) mass is 305 g/mol. The summed E-state index contributed by atoms with van der Waals surface area (Å²) in [6, 6.07) is 1.45. The van der Waals surface area contributed by atoms with Crippen LogP contribution in [0, 0.1) is 5.92 Å². The van der Waals surface area contributed by atoms with Crippen molar-refractivity contribution in [2.75, 3.05) is 36.8 Å². The molecule has 7 heteroatoms. The van der Waals surface area contributed by atoms with Gasteiger partial charge in [0.15, 0.2) is 0 Å². The standard InChI is InChI=1S/C15H23N5O2/c16-15-17-12(10-13(21)18-15)19-5-7-20(8-6-19)14(22)9-11-3-1-2-4-11/h10-11H,1-9H2,(H3,16,17,18,21). The van der Waals surface area contributed by atoms with Gasteiger partial charge in [0.1, 0.15) is 5.82 Å². The first-order valence-electron chi connectivity index (χ1n) is 8.01. The normalized spacial score (nSPS) is 19.6. The van der Waals surface area contributed by atoms with Crippen LogP contribution >= 0.6 is 0 Å². The fourth-order valence-corrected chi connectivity index (χ4v) is 3.40. The van der Waals surface area contributed by atoms with Crippen molar-refractivity contribution in [2.45, 2.75) is 32.1 Å². The fourth-order valence-electron chi connectivity index (χ4n) is 3.40. The molecule has 0 unspecified atom stereocenters. The zero-order valence-electron chi connectivity index (χ0n) is 12.8. The molecule has 1 aliphatic carbocycles. The number of hydrogen-bond acceptors (Lipinski definition) is 5. The molecule has 2 aliphatic rings. The van der Waals surface area contributed by atoms with Gasteiger partial charge in [-0.25, -0.2) is 0 Å². The van der Waals surface area contributed by atoms with Crippen LogP contribution in [-0.2, 0) is 4.79 Å². The van der Waals surface area contributed by atoms with Gasteiger partial charge in [0.05, 0.1) is 0 Å². The molecule has 7 nitrogen and oxygen atoms in total. The van der Waals surface area contributed by atoms with Crippen LogP contribution in [0.1, 0.15) is 32.1 Å². The predicted molar refractivity (Wildman–Crippen MR) is 84.6 cm³/mol. The third-order valence-corrected chi connectivity index (χ3v) is 4.64. The summed E-state index contributed by atoms with van der Waals surface area (Å²) in [5, 5.41) is 0. The molecule has 0 bridgehead atoms. The van der Waals surface area contributed by atoms with E-state index in [1.807, 2.05) is 9.80 Å². The Morgan fingerprint density at radius 1 is 1.27 bits per heavy atom. The molecule has 2 heterocycles. The second kappa shape index (κ2) is 6.37. The topological polar surface area (TPSA) is 95.3 Å². The van der Waals surface area contributed by atoms with Gasteiger partial charge in [0.25, 0.3) is 5.56 Å². The van der Waals surface area contributed by atoms with Crippen LogP contribution in [0.5, 0.6) is 0 Å². The summed E-state index contributed by atoms with van der Waals surface area (Å²) < 4.78 is 0. The molecule has 1 aliphatic heterocycles. The lowest BCUT2D eigenvalue weighted by molar-refractivity contribution is -0.132. The van der Waals surface area contributed by atoms with Crippen LogP contribution in [0.3, 0.4) is 0 Å². The van der Waals surface area contributed by atoms with E-state index in [2.05, 4.69) is 9.97 Å². The van der Waals surface area contributed by atoms with Crippen molar-refractivity contribution < 1.29 is 4.79 Å². The highest BCUT2D eigenvalue weighted by atomic mass is 16.2. The van der Waals surface area contributed by atoms with Crippen molar-refractivity contribution in [1.82, 2.24) is 14.9 Å². The molecular formula is C15H23N5O2. The molecule has 1 aromatic heterocycles. The lowest BCUT2D eigenvalue weighted by atomic mass is 10.0. The number of aromatic nitrogens is 2. The molecule has 2 fully saturated rings. The quantitative estimate of drug-likeness (QED) is 0.852. The van der Waals surface area contributed by atoms with Gasteiger partial charge in [-0.05, 0) is 18.8 Å². The lowest BCUT2D eigenvalue weighted by Crippen LogP contribution is -2.49. The molecule has 3 rings (SSSR count). The summed E-state index contributed by atoms with van der Waals surface area (Å²) >= 11 is 0. The smallest absolute Gasteiger partial charge is 0.254 e. The molecule has 1 amide bonds. The first kappa shape index (κ1) is 14.9. The molecule has 0 atom stereocenters. The summed E-state index contributed by atoms with van der Waals surface area (Å²) in [6.07, 6.45) is 5.61. The summed E-state index contributed by atoms with van der Waals surface area (Å²) in [6.45, 7) is 2.73.